The molecule has 0 aromatic carbocycles. The van der Waals surface area contributed by atoms with E-state index >= 15 is 0 Å². The van der Waals surface area contributed by atoms with Gasteiger partial charge in [0.1, 0.15) is 19.3 Å². The number of rotatable bonds is 72. The average Bonchev–Trinajstić information content (AvgIpc) is 2.53. The average molecular weight is 1350 g/mol. The van der Waals surface area contributed by atoms with Gasteiger partial charge in [-0.15, -0.1) is 0 Å². The fourth-order valence-electron chi connectivity index (χ4n) is 11.1. The van der Waals surface area contributed by atoms with E-state index in [0.717, 1.165) is 102 Å². The number of phosphoric ester groups is 2. The summed E-state index contributed by atoms with van der Waals surface area (Å²) in [6, 6.07) is 0. The van der Waals surface area contributed by atoms with Gasteiger partial charge in [-0.25, -0.2) is 9.13 Å². The number of carbonyl (C=O) groups is 4. The van der Waals surface area contributed by atoms with Crippen molar-refractivity contribution in [3.63, 3.8) is 0 Å². The molecule has 0 fully saturated rings. The summed E-state index contributed by atoms with van der Waals surface area (Å²) in [7, 11) is -9.90. The van der Waals surface area contributed by atoms with E-state index in [9.17, 15) is 43.2 Å². The largest absolute Gasteiger partial charge is 0.472 e. The minimum absolute atomic E-state index is 0.103. The van der Waals surface area contributed by atoms with Crippen LogP contribution in [0.3, 0.4) is 0 Å². The summed E-state index contributed by atoms with van der Waals surface area (Å²) >= 11 is 0. The van der Waals surface area contributed by atoms with Crippen LogP contribution in [0.25, 0.3) is 0 Å². The number of esters is 4. The number of aliphatic hydroxyl groups is 1. The molecule has 4 unspecified atom stereocenters. The van der Waals surface area contributed by atoms with Crippen molar-refractivity contribution in [1.29, 1.82) is 0 Å². The van der Waals surface area contributed by atoms with Crippen LogP contribution in [0.2, 0.25) is 0 Å². The lowest BCUT2D eigenvalue weighted by Crippen LogP contribution is -2.30. The summed E-state index contributed by atoms with van der Waals surface area (Å²) in [5.41, 5.74) is 0. The quantitative estimate of drug-likeness (QED) is 0.0222. The second-order valence-electron chi connectivity index (χ2n) is 26.8. The minimum atomic E-state index is -4.95. The fraction of sp³-hybridized carbons (Fsp3) is 0.945. The van der Waals surface area contributed by atoms with Crippen molar-refractivity contribution in [2.75, 3.05) is 39.6 Å². The molecule has 0 spiro atoms. The first kappa shape index (κ1) is 90.1. The van der Waals surface area contributed by atoms with Crippen LogP contribution in [0.4, 0.5) is 0 Å². The Morgan fingerprint density at radius 3 is 0.772 bits per heavy atom. The van der Waals surface area contributed by atoms with Crippen LogP contribution in [-0.2, 0) is 65.4 Å². The van der Waals surface area contributed by atoms with Crippen molar-refractivity contribution >= 4 is 39.5 Å². The zero-order valence-electron chi connectivity index (χ0n) is 59.9. The van der Waals surface area contributed by atoms with E-state index in [-0.39, 0.29) is 25.7 Å². The number of hydrogen-bond acceptors (Lipinski definition) is 15. The third-order valence-electron chi connectivity index (χ3n) is 17.7. The Balaban J connectivity index is 5.23. The third kappa shape index (κ3) is 64.1. The first-order chi connectivity index (χ1) is 44.4. The van der Waals surface area contributed by atoms with Gasteiger partial charge in [-0.2, -0.15) is 0 Å². The van der Waals surface area contributed by atoms with E-state index in [1.165, 1.54) is 193 Å². The zero-order valence-corrected chi connectivity index (χ0v) is 61.6. The molecule has 0 heterocycles. The Morgan fingerprint density at radius 2 is 0.522 bits per heavy atom. The molecule has 546 valence electrons. The molecule has 0 aromatic heterocycles. The number of hydrogen-bond donors (Lipinski definition) is 3. The molecule has 3 N–H and O–H groups in total. The van der Waals surface area contributed by atoms with Crippen molar-refractivity contribution in [2.45, 2.75) is 394 Å². The van der Waals surface area contributed by atoms with Crippen molar-refractivity contribution in [3.05, 3.63) is 0 Å². The van der Waals surface area contributed by atoms with E-state index in [2.05, 4.69) is 41.5 Å². The van der Waals surface area contributed by atoms with E-state index in [1.807, 2.05) is 0 Å². The van der Waals surface area contributed by atoms with Gasteiger partial charge in [0.15, 0.2) is 12.2 Å². The molecular formula is C73H142O17P2. The standard InChI is InChI=1S/C73H142O17P2/c1-7-11-13-15-17-19-21-22-23-24-25-26-27-28-34-38-45-51-57-72(77)89-68(61-83-71(76)56-50-44-37-33-30-29-31-35-41-47-53-65(5)9-3)63-87-91(79,80)85-59-67(74)60-86-92(81,82)88-64-69(90-73(78)58-52-46-40-39-42-48-54-66(6)10-4)62-84-70(75)55-49-43-36-32-20-18-16-14-12-8-2/h65-69,74H,7-64H2,1-6H3,(H,79,80)(H,81,82)/t65?,66?,67-,68-,69-/m1/s1. The van der Waals surface area contributed by atoms with E-state index in [0.29, 0.717) is 25.7 Å². The Labute approximate surface area is 562 Å². The summed E-state index contributed by atoms with van der Waals surface area (Å²) in [6.45, 7) is 9.54. The summed E-state index contributed by atoms with van der Waals surface area (Å²) in [6.07, 6.45) is 51.3. The monoisotopic (exact) mass is 1350 g/mol. The molecule has 0 amide bonds. The highest BCUT2D eigenvalue weighted by Crippen LogP contribution is 2.45. The molecule has 0 aliphatic heterocycles. The second kappa shape index (κ2) is 65.0. The Bertz CT molecular complexity index is 1790. The van der Waals surface area contributed by atoms with Gasteiger partial charge in [0.2, 0.25) is 0 Å². The maximum Gasteiger partial charge on any atom is 0.472 e. The van der Waals surface area contributed by atoms with Gasteiger partial charge in [-0.1, -0.05) is 324 Å². The third-order valence-corrected chi connectivity index (χ3v) is 19.6. The number of aliphatic hydroxyl groups excluding tert-OH is 1. The molecule has 0 saturated carbocycles. The maximum atomic E-state index is 13.1. The number of ether oxygens (including phenoxy) is 4. The zero-order chi connectivity index (χ0) is 67.9. The predicted molar refractivity (Wildman–Crippen MR) is 372 cm³/mol. The van der Waals surface area contributed by atoms with E-state index < -0.39 is 97.5 Å². The fourth-order valence-corrected chi connectivity index (χ4v) is 12.6. The molecule has 92 heavy (non-hydrogen) atoms. The topological polar surface area (TPSA) is 237 Å². The van der Waals surface area contributed by atoms with Crippen molar-refractivity contribution < 1.29 is 80.2 Å². The SMILES string of the molecule is CCCCCCCCCCCCCCCCCCCCC(=O)O[C@H](COC(=O)CCCCCCCCCCCCC(C)CC)COP(=O)(O)OC[C@@H](O)COP(=O)(O)OC[C@@H](COC(=O)CCCCCCCCCCCC)OC(=O)CCCCCCCCC(C)CC. The van der Waals surface area contributed by atoms with Crippen LogP contribution < -0.4 is 0 Å². The van der Waals surface area contributed by atoms with Gasteiger partial charge >= 0.3 is 39.5 Å². The lowest BCUT2D eigenvalue weighted by molar-refractivity contribution is -0.161. The van der Waals surface area contributed by atoms with Crippen LogP contribution in [0, 0.1) is 11.8 Å². The maximum absolute atomic E-state index is 13.1. The Kier molecular flexibility index (Phi) is 63.7. The number of carbonyl (C=O) groups excluding carboxylic acids is 4. The highest BCUT2D eigenvalue weighted by Gasteiger charge is 2.30. The van der Waals surface area contributed by atoms with Gasteiger partial charge in [-0.3, -0.25) is 37.3 Å². The van der Waals surface area contributed by atoms with Crippen LogP contribution in [-0.4, -0.2) is 96.7 Å². The number of phosphoric acid groups is 2. The van der Waals surface area contributed by atoms with E-state index in [1.54, 1.807) is 0 Å². The summed E-state index contributed by atoms with van der Waals surface area (Å²) in [5.74, 6) is -0.593. The molecule has 0 saturated heterocycles. The highest BCUT2D eigenvalue weighted by atomic mass is 31.2. The molecule has 19 heteroatoms. The first-order valence-corrected chi connectivity index (χ1v) is 41.1. The molecule has 0 rings (SSSR count). The predicted octanol–water partition coefficient (Wildman–Crippen LogP) is 21.2. The van der Waals surface area contributed by atoms with Crippen molar-refractivity contribution in [2.24, 2.45) is 11.8 Å². The van der Waals surface area contributed by atoms with Crippen LogP contribution in [0.1, 0.15) is 375 Å². The summed E-state index contributed by atoms with van der Waals surface area (Å²) in [5, 5.41) is 10.6. The minimum Gasteiger partial charge on any atom is -0.462 e. The van der Waals surface area contributed by atoms with Crippen molar-refractivity contribution in [1.82, 2.24) is 0 Å². The van der Waals surface area contributed by atoms with E-state index in [4.69, 9.17) is 37.0 Å². The van der Waals surface area contributed by atoms with Crippen LogP contribution >= 0.6 is 15.6 Å². The molecular weight excluding hydrogens is 1210 g/mol. The molecule has 17 nitrogen and oxygen atoms in total. The normalized spacial score (nSPS) is 14.7. The molecule has 0 bridgehead atoms. The molecule has 0 radical (unpaired) electrons. The van der Waals surface area contributed by atoms with Gasteiger partial charge in [0.25, 0.3) is 0 Å². The molecule has 0 aliphatic rings. The van der Waals surface area contributed by atoms with Gasteiger partial charge < -0.3 is 33.8 Å². The smallest absolute Gasteiger partial charge is 0.462 e. The lowest BCUT2D eigenvalue weighted by atomic mass is 9.99. The van der Waals surface area contributed by atoms with Crippen LogP contribution in [0.5, 0.6) is 0 Å². The highest BCUT2D eigenvalue weighted by molar-refractivity contribution is 7.47. The summed E-state index contributed by atoms with van der Waals surface area (Å²) in [4.78, 5) is 72.6. The second-order valence-corrected chi connectivity index (χ2v) is 29.7. The molecule has 7 atom stereocenters. The van der Waals surface area contributed by atoms with Crippen molar-refractivity contribution in [3.8, 4) is 0 Å². The molecule has 0 aromatic rings. The first-order valence-electron chi connectivity index (χ1n) is 38.1. The Morgan fingerprint density at radius 1 is 0.304 bits per heavy atom. The van der Waals surface area contributed by atoms with Gasteiger partial charge in [0.05, 0.1) is 26.4 Å². The van der Waals surface area contributed by atoms with Gasteiger partial charge in [-0.05, 0) is 37.5 Å². The Hall–Kier alpha value is -1.94. The lowest BCUT2D eigenvalue weighted by Gasteiger charge is -2.21. The molecule has 0 aliphatic carbocycles. The van der Waals surface area contributed by atoms with Gasteiger partial charge in [0, 0.05) is 25.7 Å². The number of unbranched alkanes of at least 4 members (excludes halogenated alkanes) is 40. The van der Waals surface area contributed by atoms with Crippen LogP contribution in [0.15, 0.2) is 0 Å². The summed E-state index contributed by atoms with van der Waals surface area (Å²) < 4.78 is 68.4.